The lowest BCUT2D eigenvalue weighted by molar-refractivity contribution is 0.580. The average Bonchev–Trinajstić information content (AvgIpc) is 2.72. The molecule has 0 aromatic carbocycles. The van der Waals surface area contributed by atoms with Crippen molar-refractivity contribution >= 4 is 11.6 Å². The molecule has 0 atom stereocenters. The van der Waals surface area contributed by atoms with Gasteiger partial charge >= 0.3 is 0 Å². The van der Waals surface area contributed by atoms with Gasteiger partial charge in [-0.05, 0) is 19.1 Å². The van der Waals surface area contributed by atoms with Crippen LogP contribution in [0.4, 0.5) is 0 Å². The van der Waals surface area contributed by atoms with Gasteiger partial charge in [-0.25, -0.2) is 4.98 Å². The molecule has 0 aliphatic carbocycles. The summed E-state index contributed by atoms with van der Waals surface area (Å²) in [4.78, 5) is 7.37. The van der Waals surface area contributed by atoms with E-state index in [2.05, 4.69) is 9.97 Å². The SMILES string of the molecule is Cc1[nH]c(CCl)nc1-c1ccco1. The summed E-state index contributed by atoms with van der Waals surface area (Å²) in [5.41, 5.74) is 1.81. The molecular weight excluding hydrogens is 188 g/mol. The molecule has 2 aromatic rings. The first kappa shape index (κ1) is 8.38. The van der Waals surface area contributed by atoms with Crippen LogP contribution in [0, 0.1) is 6.92 Å². The van der Waals surface area contributed by atoms with E-state index in [0.717, 1.165) is 23.0 Å². The number of aromatic amines is 1. The number of hydrogen-bond donors (Lipinski definition) is 1. The summed E-state index contributed by atoms with van der Waals surface area (Å²) in [7, 11) is 0. The number of halogens is 1. The van der Waals surface area contributed by atoms with E-state index in [4.69, 9.17) is 16.0 Å². The normalized spacial score (nSPS) is 10.6. The van der Waals surface area contributed by atoms with Crippen molar-refractivity contribution in [1.29, 1.82) is 0 Å². The van der Waals surface area contributed by atoms with E-state index in [1.54, 1.807) is 6.26 Å². The fourth-order valence-corrected chi connectivity index (χ4v) is 1.37. The van der Waals surface area contributed by atoms with Crippen LogP contribution < -0.4 is 0 Å². The van der Waals surface area contributed by atoms with Crippen LogP contribution in [-0.4, -0.2) is 9.97 Å². The number of aromatic nitrogens is 2. The molecule has 0 saturated carbocycles. The van der Waals surface area contributed by atoms with Crippen molar-refractivity contribution in [2.24, 2.45) is 0 Å². The Bertz CT molecular complexity index is 392. The van der Waals surface area contributed by atoms with Gasteiger partial charge in [0.05, 0.1) is 12.1 Å². The summed E-state index contributed by atoms with van der Waals surface area (Å²) < 4.78 is 5.23. The number of furan rings is 1. The molecule has 2 heterocycles. The van der Waals surface area contributed by atoms with Gasteiger partial charge in [0.1, 0.15) is 11.5 Å². The third-order valence-electron chi connectivity index (χ3n) is 1.81. The number of alkyl halides is 1. The third-order valence-corrected chi connectivity index (χ3v) is 2.07. The van der Waals surface area contributed by atoms with Crippen molar-refractivity contribution in [3.8, 4) is 11.5 Å². The van der Waals surface area contributed by atoms with E-state index in [0.29, 0.717) is 5.88 Å². The Morgan fingerprint density at radius 2 is 2.46 bits per heavy atom. The van der Waals surface area contributed by atoms with Gasteiger partial charge in [-0.15, -0.1) is 11.6 Å². The van der Waals surface area contributed by atoms with Gasteiger partial charge in [0, 0.05) is 5.69 Å². The molecule has 2 aromatic heterocycles. The lowest BCUT2D eigenvalue weighted by Crippen LogP contribution is -1.78. The molecular formula is C9H9ClN2O. The Kier molecular flexibility index (Phi) is 2.10. The van der Waals surface area contributed by atoms with E-state index in [-0.39, 0.29) is 0 Å². The third kappa shape index (κ3) is 1.47. The highest BCUT2D eigenvalue weighted by Gasteiger charge is 2.09. The molecule has 3 nitrogen and oxygen atoms in total. The second kappa shape index (κ2) is 3.26. The highest BCUT2D eigenvalue weighted by Crippen LogP contribution is 2.21. The van der Waals surface area contributed by atoms with Crippen LogP contribution in [0.5, 0.6) is 0 Å². The zero-order chi connectivity index (χ0) is 9.26. The number of nitrogens with one attached hydrogen (secondary N) is 1. The Labute approximate surface area is 80.7 Å². The molecule has 1 N–H and O–H groups in total. The quantitative estimate of drug-likeness (QED) is 0.751. The van der Waals surface area contributed by atoms with Crippen LogP contribution in [0.15, 0.2) is 22.8 Å². The van der Waals surface area contributed by atoms with Gasteiger partial charge in [-0.2, -0.15) is 0 Å². The van der Waals surface area contributed by atoms with Crippen molar-refractivity contribution in [1.82, 2.24) is 9.97 Å². The summed E-state index contributed by atoms with van der Waals surface area (Å²) >= 11 is 5.65. The Morgan fingerprint density at radius 1 is 1.62 bits per heavy atom. The van der Waals surface area contributed by atoms with Gasteiger partial charge in [-0.3, -0.25) is 0 Å². The molecule has 0 saturated heterocycles. The number of aryl methyl sites for hydroxylation is 1. The number of H-pyrrole nitrogens is 1. The van der Waals surface area contributed by atoms with Crippen molar-refractivity contribution in [2.75, 3.05) is 0 Å². The number of nitrogens with zero attached hydrogens (tertiary/aromatic N) is 1. The highest BCUT2D eigenvalue weighted by atomic mass is 35.5. The topological polar surface area (TPSA) is 41.8 Å². The van der Waals surface area contributed by atoms with Crippen molar-refractivity contribution < 1.29 is 4.42 Å². The minimum absolute atomic E-state index is 0.390. The molecule has 0 spiro atoms. The smallest absolute Gasteiger partial charge is 0.154 e. The fraction of sp³-hybridized carbons (Fsp3) is 0.222. The maximum atomic E-state index is 5.65. The Balaban J connectivity index is 2.46. The summed E-state index contributed by atoms with van der Waals surface area (Å²) in [5.74, 6) is 1.93. The monoisotopic (exact) mass is 196 g/mol. The first-order chi connectivity index (χ1) is 6.31. The van der Waals surface area contributed by atoms with Crippen LogP contribution in [0.2, 0.25) is 0 Å². The van der Waals surface area contributed by atoms with Gasteiger partial charge in [0.15, 0.2) is 5.76 Å². The fourth-order valence-electron chi connectivity index (χ4n) is 1.24. The van der Waals surface area contributed by atoms with Crippen molar-refractivity contribution in [2.45, 2.75) is 12.8 Å². The summed E-state index contributed by atoms with van der Waals surface area (Å²) in [5, 5.41) is 0. The van der Waals surface area contributed by atoms with E-state index < -0.39 is 0 Å². The predicted octanol–water partition coefficient (Wildman–Crippen LogP) is 2.72. The van der Waals surface area contributed by atoms with Gasteiger partial charge in [0.25, 0.3) is 0 Å². The second-order valence-electron chi connectivity index (χ2n) is 2.77. The van der Waals surface area contributed by atoms with E-state index >= 15 is 0 Å². The Hall–Kier alpha value is -1.22. The molecule has 4 heteroatoms. The molecule has 0 amide bonds. The molecule has 0 aliphatic rings. The van der Waals surface area contributed by atoms with Gasteiger partial charge in [0.2, 0.25) is 0 Å². The first-order valence-corrected chi connectivity index (χ1v) is 4.50. The molecule has 0 unspecified atom stereocenters. The van der Waals surface area contributed by atoms with Crippen LogP contribution in [0.25, 0.3) is 11.5 Å². The average molecular weight is 197 g/mol. The van der Waals surface area contributed by atoms with Crippen LogP contribution >= 0.6 is 11.6 Å². The van der Waals surface area contributed by atoms with Crippen molar-refractivity contribution in [3.63, 3.8) is 0 Å². The predicted molar refractivity (Wildman–Crippen MR) is 50.6 cm³/mol. The zero-order valence-electron chi connectivity index (χ0n) is 7.17. The van der Waals surface area contributed by atoms with E-state index in [9.17, 15) is 0 Å². The molecule has 0 radical (unpaired) electrons. The van der Waals surface area contributed by atoms with Crippen LogP contribution in [0.3, 0.4) is 0 Å². The second-order valence-corrected chi connectivity index (χ2v) is 3.04. The molecule has 0 bridgehead atoms. The molecule has 68 valence electrons. The van der Waals surface area contributed by atoms with E-state index in [1.807, 2.05) is 19.1 Å². The lowest BCUT2D eigenvalue weighted by Gasteiger charge is -1.89. The summed E-state index contributed by atoms with van der Waals surface area (Å²) in [6.45, 7) is 1.95. The standard InChI is InChI=1S/C9H9ClN2O/c1-6-9(7-3-2-4-13-7)12-8(5-10)11-6/h2-4H,5H2,1H3,(H,11,12). The highest BCUT2D eigenvalue weighted by molar-refractivity contribution is 6.16. The van der Waals surface area contributed by atoms with Crippen molar-refractivity contribution in [3.05, 3.63) is 29.9 Å². The summed E-state index contributed by atoms with van der Waals surface area (Å²) in [6.07, 6.45) is 1.63. The Morgan fingerprint density at radius 3 is 3.00 bits per heavy atom. The number of rotatable bonds is 2. The molecule has 2 rings (SSSR count). The number of imidazole rings is 1. The lowest BCUT2D eigenvalue weighted by atomic mass is 10.3. The largest absolute Gasteiger partial charge is 0.463 e. The van der Waals surface area contributed by atoms with Gasteiger partial charge in [-0.1, -0.05) is 0 Å². The van der Waals surface area contributed by atoms with Gasteiger partial charge < -0.3 is 9.40 Å². The molecule has 0 fully saturated rings. The zero-order valence-corrected chi connectivity index (χ0v) is 7.93. The molecule has 13 heavy (non-hydrogen) atoms. The summed E-state index contributed by atoms with van der Waals surface area (Å²) in [6, 6.07) is 3.71. The maximum absolute atomic E-state index is 5.65. The van der Waals surface area contributed by atoms with Crippen LogP contribution in [-0.2, 0) is 5.88 Å². The van der Waals surface area contributed by atoms with E-state index in [1.165, 1.54) is 0 Å². The number of hydrogen-bond acceptors (Lipinski definition) is 2. The minimum atomic E-state index is 0.390. The maximum Gasteiger partial charge on any atom is 0.154 e. The van der Waals surface area contributed by atoms with Crippen LogP contribution in [0.1, 0.15) is 11.5 Å². The minimum Gasteiger partial charge on any atom is -0.463 e. The molecule has 0 aliphatic heterocycles. The first-order valence-electron chi connectivity index (χ1n) is 3.96.